The van der Waals surface area contributed by atoms with Crippen molar-refractivity contribution in [3.8, 4) is 0 Å². The number of carbonyl (C=O) groups excluding carboxylic acids is 1. The van der Waals surface area contributed by atoms with Crippen molar-refractivity contribution in [2.75, 3.05) is 26.2 Å². The van der Waals surface area contributed by atoms with Crippen LogP contribution in [0.4, 0.5) is 0 Å². The number of hydrogen-bond donors (Lipinski definition) is 1. The van der Waals surface area contributed by atoms with E-state index in [-0.39, 0.29) is 11.9 Å². The monoisotopic (exact) mass is 457 g/mol. The number of benzene rings is 1. The third-order valence-corrected chi connectivity index (χ3v) is 8.04. The molecule has 1 aliphatic carbocycles. The lowest BCUT2D eigenvalue weighted by molar-refractivity contribution is -0.127. The van der Waals surface area contributed by atoms with Crippen LogP contribution in [0, 0.1) is 0 Å². The molecule has 1 N–H and O–H groups in total. The summed E-state index contributed by atoms with van der Waals surface area (Å²) in [4.78, 5) is 14.9. The summed E-state index contributed by atoms with van der Waals surface area (Å²) >= 11 is 3.33. The molecule has 1 atom stereocenters. The van der Waals surface area contributed by atoms with E-state index < -0.39 is 10.0 Å². The van der Waals surface area contributed by atoms with Crippen LogP contribution >= 0.6 is 15.9 Å². The van der Waals surface area contributed by atoms with Crippen LogP contribution in [-0.4, -0.2) is 61.8 Å². The van der Waals surface area contributed by atoms with Crippen molar-refractivity contribution in [2.45, 2.75) is 56.0 Å². The maximum absolute atomic E-state index is 12.8. The zero-order valence-corrected chi connectivity index (χ0v) is 18.1. The summed E-state index contributed by atoms with van der Waals surface area (Å²) < 4.78 is 27.9. The van der Waals surface area contributed by atoms with Gasteiger partial charge in [0.15, 0.2) is 0 Å². The Bertz CT molecular complexity index is 740. The Hall–Kier alpha value is -0.960. The first-order valence-electron chi connectivity index (χ1n) is 9.68. The molecule has 27 heavy (non-hydrogen) atoms. The van der Waals surface area contributed by atoms with Gasteiger partial charge in [-0.05, 0) is 44.0 Å². The molecular formula is C19H28BrN3O3S. The van der Waals surface area contributed by atoms with Crippen molar-refractivity contribution in [3.63, 3.8) is 0 Å². The van der Waals surface area contributed by atoms with E-state index in [1.54, 1.807) is 24.3 Å². The average Bonchev–Trinajstić information content (AvgIpc) is 2.68. The smallest absolute Gasteiger partial charge is 0.243 e. The van der Waals surface area contributed by atoms with Gasteiger partial charge < -0.3 is 5.32 Å². The second-order valence-corrected chi connectivity index (χ2v) is 10.3. The highest BCUT2D eigenvalue weighted by Gasteiger charge is 2.32. The molecule has 6 nitrogen and oxygen atoms in total. The Morgan fingerprint density at radius 2 is 1.67 bits per heavy atom. The lowest BCUT2D eigenvalue weighted by Crippen LogP contribution is -2.55. The molecule has 2 aliphatic rings. The predicted octanol–water partition coefficient (Wildman–Crippen LogP) is 2.59. The van der Waals surface area contributed by atoms with E-state index in [1.807, 2.05) is 6.92 Å². The Morgan fingerprint density at radius 3 is 2.26 bits per heavy atom. The van der Waals surface area contributed by atoms with Crippen LogP contribution in [0.15, 0.2) is 33.6 Å². The number of piperazine rings is 1. The Labute approximate surface area is 170 Å². The Balaban J connectivity index is 1.54. The van der Waals surface area contributed by atoms with Crippen LogP contribution in [0.2, 0.25) is 0 Å². The summed E-state index contributed by atoms with van der Waals surface area (Å²) in [6.45, 7) is 3.85. The van der Waals surface area contributed by atoms with E-state index in [0.717, 1.165) is 17.3 Å². The first-order valence-corrected chi connectivity index (χ1v) is 11.9. The Morgan fingerprint density at radius 1 is 1.07 bits per heavy atom. The lowest BCUT2D eigenvalue weighted by Gasteiger charge is -2.37. The van der Waals surface area contributed by atoms with Crippen LogP contribution in [-0.2, 0) is 14.8 Å². The van der Waals surface area contributed by atoms with Crippen LogP contribution in [0.1, 0.15) is 39.0 Å². The van der Waals surface area contributed by atoms with Crippen molar-refractivity contribution in [1.29, 1.82) is 0 Å². The molecular weight excluding hydrogens is 430 g/mol. The topological polar surface area (TPSA) is 69.7 Å². The van der Waals surface area contributed by atoms with E-state index >= 15 is 0 Å². The number of halogens is 1. The maximum Gasteiger partial charge on any atom is 0.243 e. The second kappa shape index (κ2) is 9.03. The molecule has 1 aromatic carbocycles. The molecule has 1 aromatic rings. The molecule has 1 heterocycles. The molecule has 8 heteroatoms. The zero-order chi connectivity index (χ0) is 19.4. The number of carbonyl (C=O) groups is 1. The van der Waals surface area contributed by atoms with Gasteiger partial charge in [-0.15, -0.1) is 0 Å². The quantitative estimate of drug-likeness (QED) is 0.737. The van der Waals surface area contributed by atoms with Crippen LogP contribution in [0.25, 0.3) is 0 Å². The summed E-state index contributed by atoms with van der Waals surface area (Å²) in [6, 6.07) is 6.77. The van der Waals surface area contributed by atoms with Gasteiger partial charge in [-0.3, -0.25) is 9.69 Å². The fourth-order valence-electron chi connectivity index (χ4n) is 3.82. The number of nitrogens with one attached hydrogen (secondary N) is 1. The molecule has 2 fully saturated rings. The molecule has 0 radical (unpaired) electrons. The minimum absolute atomic E-state index is 0.0612. The molecule has 1 saturated heterocycles. The highest BCUT2D eigenvalue weighted by atomic mass is 79.9. The first-order chi connectivity index (χ1) is 12.9. The second-order valence-electron chi connectivity index (χ2n) is 7.41. The summed E-state index contributed by atoms with van der Waals surface area (Å²) in [5.74, 6) is 0.0612. The van der Waals surface area contributed by atoms with Gasteiger partial charge in [0.1, 0.15) is 0 Å². The van der Waals surface area contributed by atoms with Crippen molar-refractivity contribution in [3.05, 3.63) is 28.7 Å². The van der Waals surface area contributed by atoms with E-state index in [9.17, 15) is 13.2 Å². The number of sulfonamides is 1. The molecule has 3 rings (SSSR count). The predicted molar refractivity (Wildman–Crippen MR) is 109 cm³/mol. The van der Waals surface area contributed by atoms with Gasteiger partial charge in [0.2, 0.25) is 15.9 Å². The van der Waals surface area contributed by atoms with Crippen molar-refractivity contribution in [2.24, 2.45) is 0 Å². The third kappa shape index (κ3) is 5.10. The standard InChI is InChI=1S/C19H28BrN3O3S/c1-15(19(24)21-17-5-3-2-4-6-17)22-11-13-23(14-12-22)27(25,26)18-9-7-16(20)8-10-18/h7-10,15,17H,2-6,11-14H2,1H3,(H,21,24)/t15-/m1/s1. The molecule has 0 unspecified atom stereocenters. The fourth-order valence-corrected chi connectivity index (χ4v) is 5.51. The van der Waals surface area contributed by atoms with Gasteiger partial charge >= 0.3 is 0 Å². The van der Waals surface area contributed by atoms with E-state index in [4.69, 9.17) is 0 Å². The lowest BCUT2D eigenvalue weighted by atomic mass is 9.95. The van der Waals surface area contributed by atoms with Crippen LogP contribution < -0.4 is 5.32 Å². The normalized spacial score (nSPS) is 21.7. The first kappa shape index (κ1) is 20.8. The molecule has 150 valence electrons. The van der Waals surface area contributed by atoms with E-state index in [2.05, 4.69) is 26.1 Å². The minimum Gasteiger partial charge on any atom is -0.352 e. The van der Waals surface area contributed by atoms with Gasteiger partial charge in [-0.2, -0.15) is 4.31 Å². The Kier molecular flexibility index (Phi) is 6.94. The van der Waals surface area contributed by atoms with Crippen molar-refractivity contribution < 1.29 is 13.2 Å². The highest BCUT2D eigenvalue weighted by molar-refractivity contribution is 9.10. The summed E-state index contributed by atoms with van der Waals surface area (Å²) in [7, 11) is -3.49. The van der Waals surface area contributed by atoms with Crippen LogP contribution in [0.3, 0.4) is 0 Å². The molecule has 1 saturated carbocycles. The molecule has 0 spiro atoms. The minimum atomic E-state index is -3.49. The van der Waals surface area contributed by atoms with Gasteiger partial charge in [0.05, 0.1) is 10.9 Å². The molecule has 0 aromatic heterocycles. The highest BCUT2D eigenvalue weighted by Crippen LogP contribution is 2.21. The molecule has 1 aliphatic heterocycles. The van der Waals surface area contributed by atoms with Gasteiger partial charge in [-0.1, -0.05) is 35.2 Å². The van der Waals surface area contributed by atoms with E-state index in [0.29, 0.717) is 37.1 Å². The van der Waals surface area contributed by atoms with Gasteiger partial charge in [0.25, 0.3) is 0 Å². The average molecular weight is 458 g/mol. The number of amides is 1. The third-order valence-electron chi connectivity index (χ3n) is 5.60. The van der Waals surface area contributed by atoms with Crippen molar-refractivity contribution >= 4 is 31.9 Å². The van der Waals surface area contributed by atoms with Gasteiger partial charge in [-0.25, -0.2) is 8.42 Å². The van der Waals surface area contributed by atoms with Crippen molar-refractivity contribution in [1.82, 2.24) is 14.5 Å². The summed E-state index contributed by atoms with van der Waals surface area (Å²) in [5.41, 5.74) is 0. The largest absolute Gasteiger partial charge is 0.352 e. The number of rotatable bonds is 5. The van der Waals surface area contributed by atoms with Crippen LogP contribution in [0.5, 0.6) is 0 Å². The maximum atomic E-state index is 12.8. The molecule has 1 amide bonds. The van der Waals surface area contributed by atoms with Gasteiger partial charge in [0, 0.05) is 36.7 Å². The SMILES string of the molecule is C[C@H](C(=O)NC1CCCCC1)N1CCN(S(=O)(=O)c2ccc(Br)cc2)CC1. The summed E-state index contributed by atoms with van der Waals surface area (Å²) in [6.07, 6.45) is 5.77. The zero-order valence-electron chi connectivity index (χ0n) is 15.7. The fraction of sp³-hybridized carbons (Fsp3) is 0.632. The van der Waals surface area contributed by atoms with E-state index in [1.165, 1.54) is 23.6 Å². The number of hydrogen-bond acceptors (Lipinski definition) is 4. The molecule has 0 bridgehead atoms. The summed E-state index contributed by atoms with van der Waals surface area (Å²) in [5, 5.41) is 3.17. The number of nitrogens with zero attached hydrogens (tertiary/aromatic N) is 2.